The van der Waals surface area contributed by atoms with Crippen molar-refractivity contribution in [2.45, 2.75) is 25.7 Å². The van der Waals surface area contributed by atoms with Crippen molar-refractivity contribution in [1.29, 1.82) is 0 Å². The summed E-state index contributed by atoms with van der Waals surface area (Å²) in [5.74, 6) is 2.02. The maximum Gasteiger partial charge on any atom is 0.364 e. The van der Waals surface area contributed by atoms with Crippen LogP contribution in [0.15, 0.2) is 71.1 Å². The molecule has 0 atom stereocenters. The molecule has 27 heavy (non-hydrogen) atoms. The van der Waals surface area contributed by atoms with E-state index in [0.717, 1.165) is 29.9 Å². The quantitative estimate of drug-likeness (QED) is 0.611. The van der Waals surface area contributed by atoms with Gasteiger partial charge in [0.05, 0.1) is 16.7 Å². The van der Waals surface area contributed by atoms with Crippen molar-refractivity contribution in [3.8, 4) is 22.6 Å². The fourth-order valence-corrected chi connectivity index (χ4v) is 3.27. The van der Waals surface area contributed by atoms with Crippen molar-refractivity contribution in [1.82, 2.24) is 0 Å². The van der Waals surface area contributed by atoms with E-state index < -0.39 is 10.2 Å². The highest BCUT2D eigenvalue weighted by molar-refractivity contribution is 5.68. The Morgan fingerprint density at radius 3 is 1.81 bits per heavy atom. The zero-order valence-electron chi connectivity index (χ0n) is 14.6. The number of hydrogen-bond donors (Lipinski definition) is 0. The average Bonchev–Trinajstić information content (AvgIpc) is 2.67. The Balaban J connectivity index is 0.000000376. The predicted molar refractivity (Wildman–Crippen MR) is 90.6 cm³/mol. The highest BCUT2D eigenvalue weighted by Crippen LogP contribution is 2.36. The summed E-state index contributed by atoms with van der Waals surface area (Å²) in [4.78, 5) is 0. The summed E-state index contributed by atoms with van der Waals surface area (Å²) in [6.07, 6.45) is 4.82. The second-order valence-electron chi connectivity index (χ2n) is 6.26. The lowest BCUT2D eigenvalue weighted by molar-refractivity contribution is -2.00. The molecule has 6 heteroatoms. The summed E-state index contributed by atoms with van der Waals surface area (Å²) in [6.45, 7) is 0. The molecule has 0 spiro atoms. The lowest BCUT2D eigenvalue weighted by Crippen LogP contribution is -2.68. The van der Waals surface area contributed by atoms with E-state index in [1.54, 1.807) is 0 Å². The van der Waals surface area contributed by atoms with Crippen molar-refractivity contribution < 1.29 is 33.3 Å². The Labute approximate surface area is 159 Å². The smallest absolute Gasteiger partial charge is 0.222 e. The minimum absolute atomic E-state index is 0.972. The maximum absolute atomic E-state index is 8.49. The third kappa shape index (κ3) is 5.60. The van der Waals surface area contributed by atoms with Crippen LogP contribution in [0.5, 0.6) is 0 Å². The van der Waals surface area contributed by atoms with Gasteiger partial charge >= 0.3 is 11.5 Å². The van der Waals surface area contributed by atoms with Crippen molar-refractivity contribution in [3.05, 3.63) is 77.9 Å². The third-order valence-corrected chi connectivity index (χ3v) is 4.40. The minimum atomic E-state index is -4.94. The average molecular weight is 387 g/mol. The van der Waals surface area contributed by atoms with Gasteiger partial charge in [-0.15, -0.1) is 10.2 Å². The number of rotatable bonds is 2. The standard InChI is InChI=1S/C21H19O.ClHO4/c1-3-9-16(10-4-1)20-15-18-13-7-8-14-19(18)21(22-20)17-11-5-2-6-12-17;2-1(3,4)5/h1-6,9-12,15H,7-8,13-14H2;(H,2,3,4,5)/q+1;/p-1. The Morgan fingerprint density at radius 1 is 0.704 bits per heavy atom. The molecule has 0 saturated heterocycles. The van der Waals surface area contributed by atoms with Crippen molar-refractivity contribution >= 4 is 0 Å². The molecular weight excluding hydrogens is 368 g/mol. The van der Waals surface area contributed by atoms with E-state index in [-0.39, 0.29) is 0 Å². The monoisotopic (exact) mass is 386 g/mol. The van der Waals surface area contributed by atoms with E-state index in [2.05, 4.69) is 60.7 Å². The zero-order valence-corrected chi connectivity index (χ0v) is 15.4. The normalized spacial score (nSPS) is 13.3. The molecular formula is C21H19ClO5. The van der Waals surface area contributed by atoms with Crippen LogP contribution >= 0.6 is 0 Å². The summed E-state index contributed by atoms with van der Waals surface area (Å²) >= 11 is 0. The van der Waals surface area contributed by atoms with Gasteiger partial charge in [0.25, 0.3) is 0 Å². The zero-order chi connectivity index (χ0) is 19.3. The summed E-state index contributed by atoms with van der Waals surface area (Å²) in [6, 6.07) is 23.1. The fraction of sp³-hybridized carbons (Fsp3) is 0.190. The first kappa shape index (κ1) is 19.5. The molecule has 0 amide bonds. The van der Waals surface area contributed by atoms with Crippen LogP contribution in [0, 0.1) is 10.2 Å². The second-order valence-corrected chi connectivity index (χ2v) is 7.02. The van der Waals surface area contributed by atoms with E-state index in [1.165, 1.54) is 29.5 Å². The van der Waals surface area contributed by atoms with Crippen LogP contribution in [0.2, 0.25) is 0 Å². The van der Waals surface area contributed by atoms with Gasteiger partial charge in [-0.2, -0.15) is 0 Å². The number of hydrogen-bond acceptors (Lipinski definition) is 4. The van der Waals surface area contributed by atoms with Crippen molar-refractivity contribution in [3.63, 3.8) is 0 Å². The Hall–Kier alpha value is -2.28. The molecule has 1 heterocycles. The Bertz CT molecular complexity index is 870. The molecule has 4 rings (SSSR count). The van der Waals surface area contributed by atoms with Crippen LogP contribution in [0.25, 0.3) is 22.6 Å². The van der Waals surface area contributed by atoms with Crippen LogP contribution in [-0.4, -0.2) is 0 Å². The topological polar surface area (TPSA) is 104 Å². The van der Waals surface area contributed by atoms with Crippen LogP contribution in [-0.2, 0) is 12.8 Å². The highest BCUT2D eigenvalue weighted by Gasteiger charge is 2.27. The van der Waals surface area contributed by atoms with Crippen LogP contribution < -0.4 is 18.6 Å². The van der Waals surface area contributed by atoms with Crippen LogP contribution in [0.4, 0.5) is 0 Å². The highest BCUT2D eigenvalue weighted by atomic mass is 35.7. The van der Waals surface area contributed by atoms with Gasteiger partial charge in [0.2, 0.25) is 0 Å². The van der Waals surface area contributed by atoms with Gasteiger partial charge in [0, 0.05) is 6.07 Å². The summed E-state index contributed by atoms with van der Waals surface area (Å²) in [5, 5.41) is 0. The molecule has 1 aliphatic rings. The predicted octanol–water partition coefficient (Wildman–Crippen LogP) is 1.02. The molecule has 2 aromatic carbocycles. The first-order valence-electron chi connectivity index (χ1n) is 8.63. The molecule has 0 unspecified atom stereocenters. The molecule has 0 N–H and O–H groups in total. The molecule has 5 nitrogen and oxygen atoms in total. The molecule has 3 aromatic rings. The third-order valence-electron chi connectivity index (χ3n) is 4.40. The Kier molecular flexibility index (Phi) is 6.21. The summed E-state index contributed by atoms with van der Waals surface area (Å²) in [7, 11) is -4.94. The molecule has 1 aromatic heterocycles. The lowest BCUT2D eigenvalue weighted by atomic mass is 9.89. The van der Waals surface area contributed by atoms with Crippen LogP contribution in [0.1, 0.15) is 24.0 Å². The molecule has 0 radical (unpaired) electrons. The van der Waals surface area contributed by atoms with Crippen molar-refractivity contribution in [2.24, 2.45) is 0 Å². The van der Waals surface area contributed by atoms with Crippen molar-refractivity contribution in [2.75, 3.05) is 0 Å². The molecule has 0 aliphatic heterocycles. The minimum Gasteiger partial charge on any atom is -0.222 e. The van der Waals surface area contributed by atoms with E-state index in [4.69, 9.17) is 23.1 Å². The maximum atomic E-state index is 8.49. The van der Waals surface area contributed by atoms with E-state index in [9.17, 15) is 0 Å². The molecule has 1 aliphatic carbocycles. The van der Waals surface area contributed by atoms with E-state index in [0.29, 0.717) is 0 Å². The van der Waals surface area contributed by atoms with Gasteiger partial charge in [-0.1, -0.05) is 36.4 Å². The second kappa shape index (κ2) is 8.61. The van der Waals surface area contributed by atoms with E-state index >= 15 is 0 Å². The lowest BCUT2D eigenvalue weighted by Gasteiger charge is -2.17. The number of halogens is 1. The largest absolute Gasteiger partial charge is 0.364 e. The van der Waals surface area contributed by atoms with Crippen LogP contribution in [0.3, 0.4) is 0 Å². The molecule has 0 saturated carbocycles. The molecule has 140 valence electrons. The van der Waals surface area contributed by atoms with Gasteiger partial charge < -0.3 is 0 Å². The molecule has 0 bridgehead atoms. The Morgan fingerprint density at radius 2 is 1.22 bits per heavy atom. The number of fused-ring (bicyclic) bond motifs is 1. The summed E-state index contributed by atoms with van der Waals surface area (Å²) < 4.78 is 40.3. The van der Waals surface area contributed by atoms with Gasteiger partial charge in [-0.05, 0) is 55.5 Å². The SMILES string of the molecule is [O-][Cl+3]([O-])([O-])[O-].c1ccc(-c2cc3c(c(-c4ccccc4)[o+]2)CCCC3)cc1. The van der Waals surface area contributed by atoms with E-state index in [1.807, 2.05) is 6.07 Å². The van der Waals surface area contributed by atoms with Gasteiger partial charge in [0.1, 0.15) is 0 Å². The number of aryl methyl sites for hydroxylation is 1. The summed E-state index contributed by atoms with van der Waals surface area (Å²) in [5.41, 5.74) is 5.18. The van der Waals surface area contributed by atoms with Gasteiger partial charge in [-0.3, -0.25) is 0 Å². The first-order valence-corrected chi connectivity index (χ1v) is 9.87. The molecule has 0 fully saturated rings. The van der Waals surface area contributed by atoms with Gasteiger partial charge in [-0.25, -0.2) is 23.1 Å². The number of benzene rings is 2. The first-order chi connectivity index (χ1) is 12.9. The fourth-order valence-electron chi connectivity index (χ4n) is 3.27. The van der Waals surface area contributed by atoms with Gasteiger partial charge in [0.15, 0.2) is 0 Å².